The SMILES string of the molecule is NC(=O)c1nc(-c2c(F)cccc2F)oc1-c1ccc(N2CCOCC2)cc1. The first-order valence-electron chi connectivity index (χ1n) is 8.73. The van der Waals surface area contributed by atoms with Crippen LogP contribution in [0.25, 0.3) is 22.8 Å². The zero-order valence-corrected chi connectivity index (χ0v) is 14.8. The molecule has 3 aromatic rings. The molecule has 0 spiro atoms. The number of hydrogen-bond acceptors (Lipinski definition) is 5. The molecule has 1 aliphatic rings. The van der Waals surface area contributed by atoms with Crippen LogP contribution in [0.5, 0.6) is 0 Å². The Morgan fingerprint density at radius 2 is 1.68 bits per heavy atom. The van der Waals surface area contributed by atoms with E-state index in [2.05, 4.69) is 9.88 Å². The van der Waals surface area contributed by atoms with E-state index in [0.717, 1.165) is 30.9 Å². The molecular weight excluding hydrogens is 368 g/mol. The van der Waals surface area contributed by atoms with Crippen molar-refractivity contribution in [3.05, 3.63) is 59.8 Å². The van der Waals surface area contributed by atoms with E-state index in [4.69, 9.17) is 14.9 Å². The Morgan fingerprint density at radius 1 is 1.04 bits per heavy atom. The van der Waals surface area contributed by atoms with Gasteiger partial charge in [-0.2, -0.15) is 0 Å². The third-order valence-electron chi connectivity index (χ3n) is 4.54. The van der Waals surface area contributed by atoms with Crippen LogP contribution in [0, 0.1) is 11.6 Å². The Bertz CT molecular complexity index is 992. The van der Waals surface area contributed by atoms with Crippen molar-refractivity contribution in [3.63, 3.8) is 0 Å². The normalized spacial score (nSPS) is 14.3. The molecule has 1 aliphatic heterocycles. The fourth-order valence-electron chi connectivity index (χ4n) is 3.14. The van der Waals surface area contributed by atoms with Crippen LogP contribution >= 0.6 is 0 Å². The molecule has 2 aromatic carbocycles. The third kappa shape index (κ3) is 3.34. The summed E-state index contributed by atoms with van der Waals surface area (Å²) >= 11 is 0. The number of anilines is 1. The van der Waals surface area contributed by atoms with Crippen molar-refractivity contribution < 1.29 is 22.7 Å². The van der Waals surface area contributed by atoms with E-state index in [1.54, 1.807) is 12.1 Å². The molecule has 6 nitrogen and oxygen atoms in total. The van der Waals surface area contributed by atoms with Crippen LogP contribution in [-0.4, -0.2) is 37.2 Å². The van der Waals surface area contributed by atoms with Crippen LogP contribution in [-0.2, 0) is 4.74 Å². The van der Waals surface area contributed by atoms with Gasteiger partial charge in [-0.3, -0.25) is 4.79 Å². The number of nitrogens with two attached hydrogens (primary N) is 1. The van der Waals surface area contributed by atoms with Crippen molar-refractivity contribution in [2.45, 2.75) is 0 Å². The van der Waals surface area contributed by atoms with Crippen LogP contribution in [0.4, 0.5) is 14.5 Å². The van der Waals surface area contributed by atoms with Gasteiger partial charge in [-0.05, 0) is 36.4 Å². The highest BCUT2D eigenvalue weighted by Crippen LogP contribution is 2.33. The summed E-state index contributed by atoms with van der Waals surface area (Å²) in [5, 5.41) is 0. The van der Waals surface area contributed by atoms with Gasteiger partial charge in [0.15, 0.2) is 11.5 Å². The average Bonchev–Trinajstić information content (AvgIpc) is 3.14. The third-order valence-corrected chi connectivity index (χ3v) is 4.54. The minimum Gasteiger partial charge on any atom is -0.435 e. The van der Waals surface area contributed by atoms with Gasteiger partial charge in [0.1, 0.15) is 17.2 Å². The van der Waals surface area contributed by atoms with Crippen LogP contribution in [0.2, 0.25) is 0 Å². The van der Waals surface area contributed by atoms with Gasteiger partial charge in [0.05, 0.1) is 13.2 Å². The summed E-state index contributed by atoms with van der Waals surface area (Å²) in [4.78, 5) is 17.9. The Balaban J connectivity index is 1.73. The molecule has 1 saturated heterocycles. The van der Waals surface area contributed by atoms with Crippen molar-refractivity contribution in [3.8, 4) is 22.8 Å². The number of rotatable bonds is 4. The van der Waals surface area contributed by atoms with Crippen molar-refractivity contribution in [1.29, 1.82) is 0 Å². The van der Waals surface area contributed by atoms with Crippen LogP contribution in [0.3, 0.4) is 0 Å². The molecule has 0 aliphatic carbocycles. The number of carbonyl (C=O) groups excluding carboxylic acids is 1. The monoisotopic (exact) mass is 385 g/mol. The number of halogens is 2. The molecular formula is C20H17F2N3O3. The van der Waals surface area contributed by atoms with E-state index in [1.807, 2.05) is 12.1 Å². The number of benzene rings is 2. The van der Waals surface area contributed by atoms with E-state index in [9.17, 15) is 13.6 Å². The Morgan fingerprint density at radius 3 is 2.29 bits per heavy atom. The number of carbonyl (C=O) groups is 1. The first-order chi connectivity index (χ1) is 13.5. The van der Waals surface area contributed by atoms with Gasteiger partial charge < -0.3 is 19.8 Å². The van der Waals surface area contributed by atoms with Gasteiger partial charge in [0.25, 0.3) is 5.91 Å². The predicted molar refractivity (Wildman–Crippen MR) is 98.8 cm³/mol. The molecule has 8 heteroatoms. The lowest BCUT2D eigenvalue weighted by molar-refractivity contribution is 0.0996. The number of amides is 1. The second-order valence-electron chi connectivity index (χ2n) is 6.30. The average molecular weight is 385 g/mol. The molecule has 1 fully saturated rings. The van der Waals surface area contributed by atoms with Gasteiger partial charge in [-0.15, -0.1) is 0 Å². The highest BCUT2D eigenvalue weighted by molar-refractivity contribution is 5.97. The lowest BCUT2D eigenvalue weighted by atomic mass is 10.1. The maximum atomic E-state index is 14.1. The summed E-state index contributed by atoms with van der Waals surface area (Å²) in [5.41, 5.74) is 6.29. The molecule has 0 unspecified atom stereocenters. The van der Waals surface area contributed by atoms with Crippen LogP contribution < -0.4 is 10.6 Å². The van der Waals surface area contributed by atoms with E-state index in [-0.39, 0.29) is 17.3 Å². The molecule has 1 amide bonds. The summed E-state index contributed by atoms with van der Waals surface area (Å²) in [7, 11) is 0. The molecule has 4 rings (SSSR count). The van der Waals surface area contributed by atoms with Gasteiger partial charge in [0, 0.05) is 24.3 Å². The van der Waals surface area contributed by atoms with Gasteiger partial charge in [-0.1, -0.05) is 6.07 Å². The molecule has 0 radical (unpaired) electrons. The molecule has 28 heavy (non-hydrogen) atoms. The number of aromatic nitrogens is 1. The van der Waals surface area contributed by atoms with Crippen molar-refractivity contribution in [2.24, 2.45) is 5.73 Å². The molecule has 1 aromatic heterocycles. The summed E-state index contributed by atoms with van der Waals surface area (Å²) < 4.78 is 39.0. The second kappa shape index (κ2) is 7.40. The van der Waals surface area contributed by atoms with Crippen LogP contribution in [0.1, 0.15) is 10.5 Å². The Hall–Kier alpha value is -3.26. The quantitative estimate of drug-likeness (QED) is 0.746. The van der Waals surface area contributed by atoms with E-state index >= 15 is 0 Å². The molecule has 2 heterocycles. The molecule has 2 N–H and O–H groups in total. The fraction of sp³-hybridized carbons (Fsp3) is 0.200. The number of primary amides is 1. The summed E-state index contributed by atoms with van der Waals surface area (Å²) in [6.07, 6.45) is 0. The first kappa shape index (κ1) is 18.1. The van der Waals surface area contributed by atoms with Gasteiger partial charge in [-0.25, -0.2) is 13.8 Å². The topological polar surface area (TPSA) is 81.6 Å². The zero-order valence-electron chi connectivity index (χ0n) is 14.8. The summed E-state index contributed by atoms with van der Waals surface area (Å²) in [6, 6.07) is 10.6. The number of hydrogen-bond donors (Lipinski definition) is 1. The van der Waals surface area contributed by atoms with Crippen molar-refractivity contribution >= 4 is 11.6 Å². The smallest absolute Gasteiger partial charge is 0.271 e. The highest BCUT2D eigenvalue weighted by atomic mass is 19.1. The van der Waals surface area contributed by atoms with Gasteiger partial charge in [0.2, 0.25) is 5.89 Å². The minimum atomic E-state index is -0.848. The Labute approximate surface area is 159 Å². The van der Waals surface area contributed by atoms with E-state index in [0.29, 0.717) is 18.8 Å². The summed E-state index contributed by atoms with van der Waals surface area (Å²) in [5.74, 6) is -2.80. The number of oxazole rings is 1. The van der Waals surface area contributed by atoms with E-state index < -0.39 is 23.1 Å². The van der Waals surface area contributed by atoms with Crippen molar-refractivity contribution in [1.82, 2.24) is 4.98 Å². The first-order valence-corrected chi connectivity index (χ1v) is 8.73. The molecule has 0 saturated carbocycles. The summed E-state index contributed by atoms with van der Waals surface area (Å²) in [6.45, 7) is 2.89. The van der Waals surface area contributed by atoms with Crippen molar-refractivity contribution in [2.75, 3.05) is 31.2 Å². The standard InChI is InChI=1S/C20H17F2N3O3/c21-14-2-1-3-15(22)16(14)20-24-17(19(23)26)18(28-20)12-4-6-13(7-5-12)25-8-10-27-11-9-25/h1-7H,8-11H2,(H2,23,26). The number of ether oxygens (including phenoxy) is 1. The van der Waals surface area contributed by atoms with Gasteiger partial charge >= 0.3 is 0 Å². The minimum absolute atomic E-state index is 0.0682. The Kier molecular flexibility index (Phi) is 4.79. The largest absolute Gasteiger partial charge is 0.435 e. The lowest BCUT2D eigenvalue weighted by Crippen LogP contribution is -2.36. The predicted octanol–water partition coefficient (Wildman–Crippen LogP) is 3.22. The molecule has 0 atom stereocenters. The van der Waals surface area contributed by atoms with E-state index in [1.165, 1.54) is 6.07 Å². The zero-order chi connectivity index (χ0) is 19.7. The highest BCUT2D eigenvalue weighted by Gasteiger charge is 2.24. The maximum Gasteiger partial charge on any atom is 0.271 e. The second-order valence-corrected chi connectivity index (χ2v) is 6.30. The number of nitrogens with zero attached hydrogens (tertiary/aromatic N) is 2. The lowest BCUT2D eigenvalue weighted by Gasteiger charge is -2.28. The molecule has 0 bridgehead atoms. The van der Waals surface area contributed by atoms with Crippen LogP contribution in [0.15, 0.2) is 46.9 Å². The molecule has 144 valence electrons. The fourth-order valence-corrected chi connectivity index (χ4v) is 3.14. The maximum absolute atomic E-state index is 14.1. The number of morpholine rings is 1.